The second kappa shape index (κ2) is 5.38. The topological polar surface area (TPSA) is 15.3 Å². The first-order valence-electron chi connectivity index (χ1n) is 5.89. The van der Waals surface area contributed by atoms with Crippen molar-refractivity contribution in [3.63, 3.8) is 0 Å². The maximum Gasteiger partial charge on any atom is 0.00741 e. The van der Waals surface area contributed by atoms with Gasteiger partial charge in [-0.1, -0.05) is 0 Å². The molecule has 0 bridgehead atoms. The van der Waals surface area contributed by atoms with E-state index in [9.17, 15) is 0 Å². The van der Waals surface area contributed by atoms with Crippen molar-refractivity contribution in [2.24, 2.45) is 0 Å². The van der Waals surface area contributed by atoms with Gasteiger partial charge in [0.1, 0.15) is 0 Å². The lowest BCUT2D eigenvalue weighted by Crippen LogP contribution is -2.34. The van der Waals surface area contributed by atoms with Crippen LogP contribution in [0.5, 0.6) is 0 Å². The Labute approximate surface area is 91.8 Å². The van der Waals surface area contributed by atoms with E-state index in [1.807, 2.05) is 0 Å². The lowest BCUT2D eigenvalue weighted by atomic mass is 10.1. The van der Waals surface area contributed by atoms with E-state index in [2.05, 4.69) is 29.0 Å². The van der Waals surface area contributed by atoms with Crippen LogP contribution in [0.2, 0.25) is 0 Å². The molecule has 2 saturated heterocycles. The molecule has 3 heteroatoms. The molecule has 82 valence electrons. The Morgan fingerprint density at radius 3 is 2.21 bits per heavy atom. The highest BCUT2D eigenvalue weighted by Crippen LogP contribution is 2.30. The fraction of sp³-hybridized carbons (Fsp3) is 1.00. The quantitative estimate of drug-likeness (QED) is 0.751. The number of nitrogens with one attached hydrogen (secondary N) is 1. The SMILES string of the molecule is CN1CCC(SC2CCNCC2)CC1. The van der Waals surface area contributed by atoms with Crippen molar-refractivity contribution in [2.75, 3.05) is 33.2 Å². The number of piperidine rings is 2. The van der Waals surface area contributed by atoms with Gasteiger partial charge in [0.25, 0.3) is 0 Å². The van der Waals surface area contributed by atoms with E-state index in [1.54, 1.807) is 0 Å². The fourth-order valence-corrected chi connectivity index (χ4v) is 3.86. The molecule has 0 aliphatic carbocycles. The Kier molecular flexibility index (Phi) is 4.14. The van der Waals surface area contributed by atoms with Crippen LogP contribution in [-0.2, 0) is 0 Å². The third kappa shape index (κ3) is 3.14. The van der Waals surface area contributed by atoms with Gasteiger partial charge in [0.15, 0.2) is 0 Å². The largest absolute Gasteiger partial charge is 0.317 e. The Hall–Kier alpha value is 0.270. The van der Waals surface area contributed by atoms with Crippen LogP contribution in [0.3, 0.4) is 0 Å². The van der Waals surface area contributed by atoms with Gasteiger partial charge in [0.2, 0.25) is 0 Å². The zero-order valence-corrected chi connectivity index (χ0v) is 9.98. The summed E-state index contributed by atoms with van der Waals surface area (Å²) in [5.41, 5.74) is 0. The highest BCUT2D eigenvalue weighted by Gasteiger charge is 2.22. The summed E-state index contributed by atoms with van der Waals surface area (Å²) in [5, 5.41) is 5.34. The summed E-state index contributed by atoms with van der Waals surface area (Å²) in [7, 11) is 2.24. The smallest absolute Gasteiger partial charge is 0.00741 e. The number of nitrogens with zero attached hydrogens (tertiary/aromatic N) is 1. The molecule has 2 fully saturated rings. The Balaban J connectivity index is 1.68. The van der Waals surface area contributed by atoms with Crippen LogP contribution < -0.4 is 5.32 Å². The van der Waals surface area contributed by atoms with Gasteiger partial charge in [-0.15, -0.1) is 0 Å². The van der Waals surface area contributed by atoms with Gasteiger partial charge in [0.05, 0.1) is 0 Å². The van der Waals surface area contributed by atoms with Gasteiger partial charge in [-0.25, -0.2) is 0 Å². The third-order valence-corrected chi connectivity index (χ3v) is 5.05. The average Bonchev–Trinajstić information content (AvgIpc) is 2.23. The van der Waals surface area contributed by atoms with Crippen molar-refractivity contribution in [2.45, 2.75) is 36.2 Å². The summed E-state index contributed by atoms with van der Waals surface area (Å²) in [4.78, 5) is 2.46. The molecule has 0 atom stereocenters. The van der Waals surface area contributed by atoms with Crippen LogP contribution in [0.25, 0.3) is 0 Å². The minimum atomic E-state index is 0.949. The second-order valence-electron chi connectivity index (χ2n) is 4.59. The molecule has 0 aromatic carbocycles. The number of rotatable bonds is 2. The molecule has 0 unspecified atom stereocenters. The summed E-state index contributed by atoms with van der Waals surface area (Å²) in [6, 6.07) is 0. The van der Waals surface area contributed by atoms with E-state index < -0.39 is 0 Å². The average molecular weight is 214 g/mol. The Bertz CT molecular complexity index is 161. The number of hydrogen-bond acceptors (Lipinski definition) is 3. The summed E-state index contributed by atoms with van der Waals surface area (Å²) in [5.74, 6) is 0. The van der Waals surface area contributed by atoms with Gasteiger partial charge >= 0.3 is 0 Å². The van der Waals surface area contributed by atoms with E-state index >= 15 is 0 Å². The van der Waals surface area contributed by atoms with Gasteiger partial charge in [0, 0.05) is 10.5 Å². The maximum atomic E-state index is 3.44. The molecule has 0 saturated carbocycles. The standard InChI is InChI=1S/C11H22N2S/c1-13-8-4-11(5-9-13)14-10-2-6-12-7-3-10/h10-12H,2-9H2,1H3. The van der Waals surface area contributed by atoms with E-state index in [0.29, 0.717) is 0 Å². The normalized spacial score (nSPS) is 28.1. The molecule has 0 aromatic heterocycles. The molecule has 2 heterocycles. The van der Waals surface area contributed by atoms with E-state index in [0.717, 1.165) is 10.5 Å². The predicted molar refractivity (Wildman–Crippen MR) is 64.0 cm³/mol. The fourth-order valence-electron chi connectivity index (χ4n) is 2.32. The molecular weight excluding hydrogens is 192 g/mol. The summed E-state index contributed by atoms with van der Waals surface area (Å²) >= 11 is 2.28. The molecule has 2 aliphatic rings. The van der Waals surface area contributed by atoms with Crippen LogP contribution >= 0.6 is 11.8 Å². The number of thioether (sulfide) groups is 1. The molecule has 0 spiro atoms. The monoisotopic (exact) mass is 214 g/mol. The van der Waals surface area contributed by atoms with Crippen LogP contribution in [0, 0.1) is 0 Å². The zero-order chi connectivity index (χ0) is 9.80. The van der Waals surface area contributed by atoms with Gasteiger partial charge < -0.3 is 10.2 Å². The van der Waals surface area contributed by atoms with Crippen LogP contribution in [0.1, 0.15) is 25.7 Å². The predicted octanol–water partition coefficient (Wildman–Crippen LogP) is 1.57. The van der Waals surface area contributed by atoms with Crippen molar-refractivity contribution in [1.29, 1.82) is 0 Å². The van der Waals surface area contributed by atoms with Crippen molar-refractivity contribution in [3.8, 4) is 0 Å². The van der Waals surface area contributed by atoms with Crippen molar-refractivity contribution >= 4 is 11.8 Å². The molecule has 1 N–H and O–H groups in total. The van der Waals surface area contributed by atoms with Crippen LogP contribution in [0.4, 0.5) is 0 Å². The minimum absolute atomic E-state index is 0.949. The highest BCUT2D eigenvalue weighted by atomic mass is 32.2. The van der Waals surface area contributed by atoms with E-state index in [-0.39, 0.29) is 0 Å². The van der Waals surface area contributed by atoms with Gasteiger partial charge in [-0.3, -0.25) is 0 Å². The maximum absolute atomic E-state index is 3.44. The lowest BCUT2D eigenvalue weighted by molar-refractivity contribution is 0.281. The Morgan fingerprint density at radius 1 is 1.00 bits per heavy atom. The van der Waals surface area contributed by atoms with Crippen molar-refractivity contribution in [3.05, 3.63) is 0 Å². The summed E-state index contributed by atoms with van der Waals surface area (Å²) in [6.07, 6.45) is 5.59. The summed E-state index contributed by atoms with van der Waals surface area (Å²) in [6.45, 7) is 5.10. The molecule has 0 aromatic rings. The van der Waals surface area contributed by atoms with Crippen molar-refractivity contribution < 1.29 is 0 Å². The number of hydrogen-bond donors (Lipinski definition) is 1. The van der Waals surface area contributed by atoms with Crippen molar-refractivity contribution in [1.82, 2.24) is 10.2 Å². The highest BCUT2D eigenvalue weighted by molar-refractivity contribution is 8.00. The first kappa shape index (κ1) is 10.8. The molecule has 0 radical (unpaired) electrons. The van der Waals surface area contributed by atoms with Crippen LogP contribution in [-0.4, -0.2) is 48.6 Å². The molecule has 0 amide bonds. The lowest BCUT2D eigenvalue weighted by Gasteiger charge is -2.32. The van der Waals surface area contributed by atoms with E-state index in [4.69, 9.17) is 0 Å². The minimum Gasteiger partial charge on any atom is -0.317 e. The zero-order valence-electron chi connectivity index (χ0n) is 9.17. The third-order valence-electron chi connectivity index (χ3n) is 3.34. The first-order valence-corrected chi connectivity index (χ1v) is 6.83. The second-order valence-corrected chi connectivity index (χ2v) is 6.19. The molecule has 2 aliphatic heterocycles. The van der Waals surface area contributed by atoms with Gasteiger partial charge in [-0.05, 0) is 58.9 Å². The van der Waals surface area contributed by atoms with E-state index in [1.165, 1.54) is 51.9 Å². The molecule has 14 heavy (non-hydrogen) atoms. The molecule has 2 rings (SSSR count). The molecular formula is C11H22N2S. The molecule has 2 nitrogen and oxygen atoms in total. The Morgan fingerprint density at radius 2 is 1.57 bits per heavy atom. The van der Waals surface area contributed by atoms with Gasteiger partial charge in [-0.2, -0.15) is 11.8 Å². The number of likely N-dealkylation sites (tertiary alicyclic amines) is 1. The first-order chi connectivity index (χ1) is 6.84. The van der Waals surface area contributed by atoms with Crippen LogP contribution in [0.15, 0.2) is 0 Å². The summed E-state index contributed by atoms with van der Waals surface area (Å²) < 4.78 is 0.